The quantitative estimate of drug-likeness (QED) is 0.844. The summed E-state index contributed by atoms with van der Waals surface area (Å²) >= 11 is 1.75. The predicted octanol–water partition coefficient (Wildman–Crippen LogP) is 2.95. The zero-order valence-corrected chi connectivity index (χ0v) is 13.1. The fourth-order valence-electron chi connectivity index (χ4n) is 2.27. The molecule has 4 heteroatoms. The molecule has 1 atom stereocenters. The van der Waals surface area contributed by atoms with Gasteiger partial charge in [-0.05, 0) is 49.3 Å². The molecule has 3 nitrogen and oxygen atoms in total. The molecule has 1 unspecified atom stereocenters. The number of aliphatic hydroxyl groups excluding tert-OH is 1. The number of rotatable bonds is 3. The van der Waals surface area contributed by atoms with Crippen molar-refractivity contribution in [3.05, 3.63) is 29.3 Å². The molecule has 2 rings (SSSR count). The highest BCUT2D eigenvalue weighted by atomic mass is 32.2. The molecule has 1 aliphatic heterocycles. The summed E-state index contributed by atoms with van der Waals surface area (Å²) in [6.07, 6.45) is 3.81. The number of benzene rings is 1. The fraction of sp³-hybridized carbons (Fsp3) is 0.471. The Morgan fingerprint density at radius 2 is 2.33 bits per heavy atom. The molecule has 0 saturated carbocycles. The molecule has 0 aromatic heterocycles. The third-order valence-electron chi connectivity index (χ3n) is 3.43. The van der Waals surface area contributed by atoms with Crippen molar-refractivity contribution in [1.82, 2.24) is 0 Å². The standard InChI is InChI=1S/C17H21NO2S/c1-13-12-15(9-8-14(13)6-2-4-10-19)18-17(20)16-7-3-5-11-21-16/h8-9,12,16,19H,3-5,7,10-11H2,1H3,(H,18,20). The minimum Gasteiger partial charge on any atom is -0.395 e. The molecule has 0 radical (unpaired) electrons. The number of aryl methyl sites for hydroxylation is 1. The van der Waals surface area contributed by atoms with E-state index >= 15 is 0 Å². The normalized spacial score (nSPS) is 17.7. The van der Waals surface area contributed by atoms with Crippen LogP contribution in [0.3, 0.4) is 0 Å². The third-order valence-corrected chi connectivity index (χ3v) is 4.80. The highest BCUT2D eigenvalue weighted by Crippen LogP contribution is 2.26. The lowest BCUT2D eigenvalue weighted by molar-refractivity contribution is -0.115. The monoisotopic (exact) mass is 303 g/mol. The number of carbonyl (C=O) groups excluding carboxylic acids is 1. The second-order valence-electron chi connectivity index (χ2n) is 5.15. The molecule has 0 spiro atoms. The number of nitrogens with one attached hydrogen (secondary N) is 1. The van der Waals surface area contributed by atoms with Gasteiger partial charge in [0.2, 0.25) is 5.91 Å². The second-order valence-corrected chi connectivity index (χ2v) is 6.46. The SMILES string of the molecule is Cc1cc(NC(=O)C2CCCCS2)ccc1C#CCCO. The first-order valence-corrected chi connectivity index (χ1v) is 8.38. The molecule has 0 aliphatic carbocycles. The van der Waals surface area contributed by atoms with Crippen LogP contribution >= 0.6 is 11.8 Å². The summed E-state index contributed by atoms with van der Waals surface area (Å²) in [6.45, 7) is 2.06. The minimum absolute atomic E-state index is 0.0826. The Morgan fingerprint density at radius 3 is 3.00 bits per heavy atom. The number of anilines is 1. The van der Waals surface area contributed by atoms with Crippen molar-refractivity contribution in [3.8, 4) is 11.8 Å². The van der Waals surface area contributed by atoms with Crippen molar-refractivity contribution in [2.24, 2.45) is 0 Å². The first-order chi connectivity index (χ1) is 10.2. The van der Waals surface area contributed by atoms with Crippen LogP contribution in [0.2, 0.25) is 0 Å². The second kappa shape index (κ2) is 8.11. The minimum atomic E-state index is 0.0826. The summed E-state index contributed by atoms with van der Waals surface area (Å²) < 4.78 is 0. The highest BCUT2D eigenvalue weighted by molar-refractivity contribution is 8.00. The van der Waals surface area contributed by atoms with Crippen LogP contribution in [-0.4, -0.2) is 28.6 Å². The van der Waals surface area contributed by atoms with Crippen molar-refractivity contribution >= 4 is 23.4 Å². The van der Waals surface area contributed by atoms with Crippen LogP contribution in [0.4, 0.5) is 5.69 Å². The molecular formula is C17H21NO2S. The van der Waals surface area contributed by atoms with E-state index in [1.165, 1.54) is 6.42 Å². The zero-order valence-electron chi connectivity index (χ0n) is 12.3. The number of thioether (sulfide) groups is 1. The molecule has 1 amide bonds. The molecule has 1 aliphatic rings. The summed E-state index contributed by atoms with van der Waals surface area (Å²) in [4.78, 5) is 12.2. The first kappa shape index (κ1) is 15.9. The Hall–Kier alpha value is -1.44. The average molecular weight is 303 g/mol. The van der Waals surface area contributed by atoms with Gasteiger partial charge in [-0.3, -0.25) is 4.79 Å². The van der Waals surface area contributed by atoms with E-state index in [0.29, 0.717) is 6.42 Å². The third kappa shape index (κ3) is 4.80. The molecule has 2 N–H and O–H groups in total. The van der Waals surface area contributed by atoms with Gasteiger partial charge in [0.25, 0.3) is 0 Å². The van der Waals surface area contributed by atoms with Gasteiger partial charge in [-0.25, -0.2) is 0 Å². The molecule has 1 saturated heterocycles. The van der Waals surface area contributed by atoms with Crippen molar-refractivity contribution in [3.63, 3.8) is 0 Å². The summed E-state index contributed by atoms with van der Waals surface area (Å²) in [6, 6.07) is 5.76. The maximum Gasteiger partial charge on any atom is 0.237 e. The van der Waals surface area contributed by atoms with Crippen molar-refractivity contribution in [2.75, 3.05) is 17.7 Å². The zero-order chi connectivity index (χ0) is 15.1. The van der Waals surface area contributed by atoms with E-state index in [4.69, 9.17) is 5.11 Å². The maximum absolute atomic E-state index is 12.2. The van der Waals surface area contributed by atoms with Gasteiger partial charge in [0, 0.05) is 17.7 Å². The number of aliphatic hydroxyl groups is 1. The van der Waals surface area contributed by atoms with Gasteiger partial charge in [0.1, 0.15) is 0 Å². The molecule has 1 heterocycles. The lowest BCUT2D eigenvalue weighted by Gasteiger charge is -2.20. The van der Waals surface area contributed by atoms with Gasteiger partial charge < -0.3 is 10.4 Å². The molecule has 21 heavy (non-hydrogen) atoms. The summed E-state index contributed by atoms with van der Waals surface area (Å²) in [7, 11) is 0. The molecule has 1 fully saturated rings. The van der Waals surface area contributed by atoms with Crippen molar-refractivity contribution < 1.29 is 9.90 Å². The summed E-state index contributed by atoms with van der Waals surface area (Å²) in [5.41, 5.74) is 2.81. The van der Waals surface area contributed by atoms with E-state index in [0.717, 1.165) is 35.4 Å². The highest BCUT2D eigenvalue weighted by Gasteiger charge is 2.21. The van der Waals surface area contributed by atoms with Crippen molar-refractivity contribution in [1.29, 1.82) is 0 Å². The molecule has 1 aromatic carbocycles. The van der Waals surface area contributed by atoms with Gasteiger partial charge in [0.05, 0.1) is 11.9 Å². The smallest absolute Gasteiger partial charge is 0.237 e. The van der Waals surface area contributed by atoms with Crippen LogP contribution in [0, 0.1) is 18.8 Å². The van der Waals surface area contributed by atoms with Crippen LogP contribution in [-0.2, 0) is 4.79 Å². The van der Waals surface area contributed by atoms with Crippen LogP contribution in [0.1, 0.15) is 36.8 Å². The Bertz CT molecular complexity index is 554. The van der Waals surface area contributed by atoms with Crippen LogP contribution in [0.15, 0.2) is 18.2 Å². The van der Waals surface area contributed by atoms with E-state index in [2.05, 4.69) is 17.2 Å². The summed E-state index contributed by atoms with van der Waals surface area (Å²) in [5, 5.41) is 11.8. The Labute approximate surface area is 130 Å². The molecule has 112 valence electrons. The Balaban J connectivity index is 1.99. The largest absolute Gasteiger partial charge is 0.395 e. The van der Waals surface area contributed by atoms with E-state index in [-0.39, 0.29) is 17.8 Å². The van der Waals surface area contributed by atoms with E-state index in [9.17, 15) is 4.79 Å². The maximum atomic E-state index is 12.2. The lowest BCUT2D eigenvalue weighted by atomic mass is 10.1. The predicted molar refractivity (Wildman–Crippen MR) is 88.5 cm³/mol. The molecule has 1 aromatic rings. The van der Waals surface area contributed by atoms with Gasteiger partial charge in [-0.15, -0.1) is 11.8 Å². The van der Waals surface area contributed by atoms with Crippen molar-refractivity contribution in [2.45, 2.75) is 37.9 Å². The molecular weight excluding hydrogens is 282 g/mol. The van der Waals surface area contributed by atoms with E-state index in [1.54, 1.807) is 11.8 Å². The first-order valence-electron chi connectivity index (χ1n) is 7.33. The number of amides is 1. The van der Waals surface area contributed by atoms with Gasteiger partial charge >= 0.3 is 0 Å². The van der Waals surface area contributed by atoms with Crippen LogP contribution in [0.5, 0.6) is 0 Å². The molecule has 0 bridgehead atoms. The lowest BCUT2D eigenvalue weighted by Crippen LogP contribution is -2.27. The fourth-order valence-corrected chi connectivity index (χ4v) is 3.46. The van der Waals surface area contributed by atoms with Crippen LogP contribution in [0.25, 0.3) is 0 Å². The van der Waals surface area contributed by atoms with E-state index < -0.39 is 0 Å². The topological polar surface area (TPSA) is 49.3 Å². The van der Waals surface area contributed by atoms with Gasteiger partial charge in [-0.1, -0.05) is 18.3 Å². The Kier molecular flexibility index (Phi) is 6.16. The van der Waals surface area contributed by atoms with Gasteiger partial charge in [-0.2, -0.15) is 0 Å². The average Bonchev–Trinajstić information content (AvgIpc) is 2.50. The number of hydrogen-bond donors (Lipinski definition) is 2. The summed E-state index contributed by atoms with van der Waals surface area (Å²) in [5.74, 6) is 7.13. The number of hydrogen-bond acceptors (Lipinski definition) is 3. The van der Waals surface area contributed by atoms with Gasteiger partial charge in [0.15, 0.2) is 0 Å². The van der Waals surface area contributed by atoms with Crippen LogP contribution < -0.4 is 5.32 Å². The Morgan fingerprint density at radius 1 is 1.48 bits per heavy atom. The van der Waals surface area contributed by atoms with E-state index in [1.807, 2.05) is 25.1 Å². The number of carbonyl (C=O) groups is 1.